The standard InChI is InChI=1S/C22H27N5O6S/c1-24-14-16(12-18(24)21(23)29)34(31,32)26-9-7-25(8-10-26)22(30)15-11-20(28)27(13-15)17-5-3-4-6-19(17)33-2/h3-6,12,14-15H,7-11,13H2,1-2H3,(H2,23,29). The zero-order valence-corrected chi connectivity index (χ0v) is 19.8. The van der Waals surface area contributed by atoms with E-state index >= 15 is 0 Å². The maximum absolute atomic E-state index is 13.1. The molecule has 1 atom stereocenters. The minimum atomic E-state index is -3.84. The summed E-state index contributed by atoms with van der Waals surface area (Å²) in [5, 5.41) is 0. The number of hydrogen-bond acceptors (Lipinski definition) is 6. The van der Waals surface area contributed by atoms with Gasteiger partial charge in [-0.3, -0.25) is 14.4 Å². The third-order valence-corrected chi connectivity index (χ3v) is 8.13. The first-order chi connectivity index (χ1) is 16.1. The molecule has 0 bridgehead atoms. The number of methoxy groups -OCH3 is 1. The van der Waals surface area contributed by atoms with Gasteiger partial charge in [0.05, 0.1) is 18.7 Å². The predicted molar refractivity (Wildman–Crippen MR) is 123 cm³/mol. The van der Waals surface area contributed by atoms with E-state index in [0.717, 1.165) is 0 Å². The van der Waals surface area contributed by atoms with Crippen molar-refractivity contribution in [2.24, 2.45) is 18.7 Å². The zero-order valence-electron chi connectivity index (χ0n) is 19.0. The molecule has 0 radical (unpaired) electrons. The van der Waals surface area contributed by atoms with Crippen LogP contribution in [0.1, 0.15) is 16.9 Å². The molecule has 12 heteroatoms. The molecule has 2 N–H and O–H groups in total. The van der Waals surface area contributed by atoms with Crippen LogP contribution in [0.25, 0.3) is 0 Å². The van der Waals surface area contributed by atoms with E-state index in [1.807, 2.05) is 6.07 Å². The number of rotatable bonds is 6. The molecule has 2 aliphatic rings. The van der Waals surface area contributed by atoms with Crippen molar-refractivity contribution in [1.29, 1.82) is 0 Å². The minimum absolute atomic E-state index is 0.0163. The van der Waals surface area contributed by atoms with Crippen LogP contribution in [0.4, 0.5) is 5.69 Å². The van der Waals surface area contributed by atoms with Crippen LogP contribution in [0.3, 0.4) is 0 Å². The highest BCUT2D eigenvalue weighted by molar-refractivity contribution is 7.89. The molecule has 182 valence electrons. The van der Waals surface area contributed by atoms with Crippen molar-refractivity contribution in [1.82, 2.24) is 13.8 Å². The molecule has 2 fully saturated rings. The molecule has 0 saturated carbocycles. The molecule has 2 saturated heterocycles. The van der Waals surface area contributed by atoms with Crippen molar-refractivity contribution < 1.29 is 27.5 Å². The topological polar surface area (TPSA) is 135 Å². The van der Waals surface area contributed by atoms with Crippen LogP contribution in [0, 0.1) is 5.92 Å². The third-order valence-electron chi connectivity index (χ3n) is 6.27. The van der Waals surface area contributed by atoms with Crippen molar-refractivity contribution in [3.63, 3.8) is 0 Å². The number of ether oxygens (including phenoxy) is 1. The number of aryl methyl sites for hydroxylation is 1. The third kappa shape index (κ3) is 4.26. The maximum atomic E-state index is 13.1. The first-order valence-corrected chi connectivity index (χ1v) is 12.3. The van der Waals surface area contributed by atoms with Gasteiger partial charge in [-0.05, 0) is 18.2 Å². The molecule has 1 unspecified atom stereocenters. The highest BCUT2D eigenvalue weighted by Gasteiger charge is 2.40. The van der Waals surface area contributed by atoms with Gasteiger partial charge >= 0.3 is 0 Å². The normalized spacial score (nSPS) is 19.5. The van der Waals surface area contributed by atoms with Crippen LogP contribution >= 0.6 is 0 Å². The lowest BCUT2D eigenvalue weighted by atomic mass is 10.1. The Kier molecular flexibility index (Phi) is 6.36. The Hall–Kier alpha value is -3.38. The number of nitrogens with two attached hydrogens (primary N) is 1. The first-order valence-electron chi connectivity index (χ1n) is 10.8. The number of benzene rings is 1. The van der Waals surface area contributed by atoms with Gasteiger partial charge in [-0.2, -0.15) is 4.31 Å². The molecule has 2 aromatic rings. The molecule has 0 spiro atoms. The van der Waals surface area contributed by atoms with Crippen molar-refractivity contribution in [3.05, 3.63) is 42.2 Å². The van der Waals surface area contributed by atoms with Crippen LogP contribution in [0.15, 0.2) is 41.4 Å². The Balaban J connectivity index is 1.41. The van der Waals surface area contributed by atoms with Gasteiger partial charge in [-0.25, -0.2) is 8.42 Å². The number of para-hydroxylation sites is 2. The number of primary amides is 1. The van der Waals surface area contributed by atoms with Crippen molar-refractivity contribution in [3.8, 4) is 5.75 Å². The van der Waals surface area contributed by atoms with E-state index in [-0.39, 0.29) is 61.5 Å². The molecule has 4 rings (SSSR count). The summed E-state index contributed by atoms with van der Waals surface area (Å²) in [6, 6.07) is 8.41. The monoisotopic (exact) mass is 489 g/mol. The average Bonchev–Trinajstić information content (AvgIpc) is 3.42. The van der Waals surface area contributed by atoms with E-state index in [0.29, 0.717) is 11.4 Å². The van der Waals surface area contributed by atoms with Gasteiger partial charge in [-0.15, -0.1) is 0 Å². The molecule has 1 aromatic heterocycles. The quantitative estimate of drug-likeness (QED) is 0.608. The van der Waals surface area contributed by atoms with Crippen LogP contribution in [0.5, 0.6) is 5.75 Å². The number of sulfonamides is 1. The lowest BCUT2D eigenvalue weighted by Gasteiger charge is -2.35. The lowest BCUT2D eigenvalue weighted by Crippen LogP contribution is -2.52. The van der Waals surface area contributed by atoms with Gasteiger partial charge < -0.3 is 24.8 Å². The lowest BCUT2D eigenvalue weighted by molar-refractivity contribution is -0.136. The summed E-state index contributed by atoms with van der Waals surface area (Å²) in [6.45, 7) is 0.911. The van der Waals surface area contributed by atoms with Gasteiger partial charge in [0.1, 0.15) is 16.3 Å². The second kappa shape index (κ2) is 9.11. The zero-order chi connectivity index (χ0) is 24.6. The highest BCUT2D eigenvalue weighted by atomic mass is 32.2. The van der Waals surface area contributed by atoms with E-state index < -0.39 is 21.8 Å². The van der Waals surface area contributed by atoms with E-state index in [2.05, 4.69) is 0 Å². The predicted octanol–water partition coefficient (Wildman–Crippen LogP) is 0.0186. The highest BCUT2D eigenvalue weighted by Crippen LogP contribution is 2.33. The van der Waals surface area contributed by atoms with Crippen molar-refractivity contribution in [2.75, 3.05) is 44.7 Å². The van der Waals surface area contributed by atoms with Crippen LogP contribution in [0.2, 0.25) is 0 Å². The van der Waals surface area contributed by atoms with Crippen molar-refractivity contribution in [2.45, 2.75) is 11.3 Å². The Morgan fingerprint density at radius 3 is 2.41 bits per heavy atom. The molecule has 3 amide bonds. The molecular weight excluding hydrogens is 462 g/mol. The van der Waals surface area contributed by atoms with Crippen LogP contribution in [-0.4, -0.2) is 79.7 Å². The number of aromatic nitrogens is 1. The molecule has 2 aliphatic heterocycles. The van der Waals surface area contributed by atoms with Gasteiger partial charge in [0.2, 0.25) is 21.8 Å². The van der Waals surface area contributed by atoms with Crippen LogP contribution < -0.4 is 15.4 Å². The van der Waals surface area contributed by atoms with Gasteiger partial charge in [0.25, 0.3) is 5.91 Å². The fourth-order valence-corrected chi connectivity index (χ4v) is 5.93. The van der Waals surface area contributed by atoms with Gasteiger partial charge in [0.15, 0.2) is 0 Å². The largest absolute Gasteiger partial charge is 0.495 e. The van der Waals surface area contributed by atoms with Gasteiger partial charge in [0, 0.05) is 52.4 Å². The molecule has 34 heavy (non-hydrogen) atoms. The maximum Gasteiger partial charge on any atom is 0.265 e. The number of piperazine rings is 1. The summed E-state index contributed by atoms with van der Waals surface area (Å²) in [4.78, 5) is 40.4. The summed E-state index contributed by atoms with van der Waals surface area (Å²) >= 11 is 0. The number of hydrogen-bond donors (Lipinski definition) is 1. The second-order valence-corrected chi connectivity index (χ2v) is 10.3. The Morgan fingerprint density at radius 1 is 1.12 bits per heavy atom. The molecule has 1 aromatic carbocycles. The number of anilines is 1. The Morgan fingerprint density at radius 2 is 1.79 bits per heavy atom. The molecule has 3 heterocycles. The Bertz CT molecular complexity index is 1230. The fraction of sp³-hybridized carbons (Fsp3) is 0.409. The molecular formula is C22H27N5O6S. The van der Waals surface area contributed by atoms with Gasteiger partial charge in [-0.1, -0.05) is 12.1 Å². The van der Waals surface area contributed by atoms with E-state index in [4.69, 9.17) is 10.5 Å². The van der Waals surface area contributed by atoms with E-state index in [9.17, 15) is 22.8 Å². The smallest absolute Gasteiger partial charge is 0.265 e. The SMILES string of the molecule is COc1ccccc1N1CC(C(=O)N2CCN(S(=O)(=O)c3cc(C(N)=O)n(C)c3)CC2)CC1=O. The summed E-state index contributed by atoms with van der Waals surface area (Å²) in [5.41, 5.74) is 6.01. The average molecular weight is 490 g/mol. The van der Waals surface area contributed by atoms with Crippen LogP contribution in [-0.2, 0) is 26.7 Å². The van der Waals surface area contributed by atoms with E-state index in [1.165, 1.54) is 28.2 Å². The summed E-state index contributed by atoms with van der Waals surface area (Å²) in [6.07, 6.45) is 1.44. The second-order valence-electron chi connectivity index (χ2n) is 8.34. The Labute approximate surface area is 197 Å². The number of amides is 3. The molecule has 0 aliphatic carbocycles. The fourth-order valence-electron chi connectivity index (χ4n) is 4.43. The van der Waals surface area contributed by atoms with E-state index in [1.54, 1.807) is 35.0 Å². The summed E-state index contributed by atoms with van der Waals surface area (Å²) < 4.78 is 34.0. The van der Waals surface area contributed by atoms with Crippen molar-refractivity contribution >= 4 is 33.4 Å². The summed E-state index contributed by atoms with van der Waals surface area (Å²) in [5.74, 6) is -0.986. The number of carbonyl (C=O) groups is 3. The minimum Gasteiger partial charge on any atom is -0.495 e. The number of carbonyl (C=O) groups excluding carboxylic acids is 3. The number of nitrogens with zero attached hydrogens (tertiary/aromatic N) is 4. The summed E-state index contributed by atoms with van der Waals surface area (Å²) in [7, 11) is -0.760. The molecule has 11 nitrogen and oxygen atoms in total. The first kappa shape index (κ1) is 23.8.